The lowest BCUT2D eigenvalue weighted by Gasteiger charge is -1.96. The van der Waals surface area contributed by atoms with Crippen LogP contribution in [0.2, 0.25) is 12.1 Å². The van der Waals surface area contributed by atoms with Gasteiger partial charge >= 0.3 is 0 Å². The molecule has 0 aliphatic carbocycles. The number of rotatable bonds is 2. The number of hydrogen-bond acceptors (Lipinski definition) is 0. The summed E-state index contributed by atoms with van der Waals surface area (Å²) in [4.78, 5) is 0. The van der Waals surface area contributed by atoms with Gasteiger partial charge in [0.15, 0.2) is 0 Å². The van der Waals surface area contributed by atoms with Crippen LogP contribution in [0, 0.1) is 6.92 Å². The standard InChI is InChI=1S/C4H13Si2/c1-3-6(5)4-2/h6H,1,3-4H2,2,5H3. The molecule has 0 rings (SSSR count). The highest BCUT2D eigenvalue weighted by atomic mass is 29.1. The molecule has 37 valence electrons. The Morgan fingerprint density at radius 2 is 2.33 bits per heavy atom. The molecule has 0 saturated carbocycles. The molecule has 0 spiro atoms. The summed E-state index contributed by atoms with van der Waals surface area (Å²) in [5.74, 6) is 0. The molecule has 6 heavy (non-hydrogen) atoms. The maximum Gasteiger partial charge on any atom is 0.0199 e. The molecule has 0 amide bonds. The first-order chi connectivity index (χ1) is 2.81. The average Bonchev–Trinajstić information content (AvgIpc) is 1.65. The monoisotopic (exact) mass is 117 g/mol. The quantitative estimate of drug-likeness (QED) is 0.444. The van der Waals surface area contributed by atoms with Crippen LogP contribution in [0.4, 0.5) is 0 Å². The fourth-order valence-electron chi connectivity index (χ4n) is 0.204. The van der Waals surface area contributed by atoms with E-state index in [9.17, 15) is 0 Å². The third-order valence-electron chi connectivity index (χ3n) is 1.19. The van der Waals surface area contributed by atoms with Crippen LogP contribution in [-0.4, -0.2) is 18.1 Å². The largest absolute Gasteiger partial charge is 0.0683 e. The molecule has 2 heteroatoms. The highest BCUT2D eigenvalue weighted by Crippen LogP contribution is 1.88. The Morgan fingerprint density at radius 1 is 1.83 bits per heavy atom. The van der Waals surface area contributed by atoms with E-state index in [1.54, 1.807) is 0 Å². The van der Waals surface area contributed by atoms with E-state index in [1.165, 1.54) is 21.8 Å². The Hall–Kier alpha value is 0.434. The molecular formula is C4H13Si2. The molecule has 0 saturated heterocycles. The molecule has 0 aromatic heterocycles. The van der Waals surface area contributed by atoms with Gasteiger partial charge in [0.2, 0.25) is 0 Å². The molecular weight excluding hydrogens is 104 g/mol. The summed E-state index contributed by atoms with van der Waals surface area (Å²) in [6.07, 6.45) is 0. The van der Waals surface area contributed by atoms with Crippen molar-refractivity contribution in [2.45, 2.75) is 19.0 Å². The van der Waals surface area contributed by atoms with Crippen molar-refractivity contribution in [1.29, 1.82) is 0 Å². The number of hydrogen-bond donors (Lipinski definition) is 0. The normalized spacial score (nSPS) is 10.5. The minimum Gasteiger partial charge on any atom is -0.0683 e. The van der Waals surface area contributed by atoms with E-state index in [1.807, 2.05) is 0 Å². The van der Waals surface area contributed by atoms with Crippen molar-refractivity contribution in [2.75, 3.05) is 0 Å². The van der Waals surface area contributed by atoms with Crippen molar-refractivity contribution in [3.63, 3.8) is 0 Å². The molecule has 1 atom stereocenters. The highest BCUT2D eigenvalue weighted by molar-refractivity contribution is 7.03. The predicted molar refractivity (Wildman–Crippen MR) is 37.7 cm³/mol. The second-order valence-electron chi connectivity index (χ2n) is 1.80. The van der Waals surface area contributed by atoms with Gasteiger partial charge < -0.3 is 0 Å². The van der Waals surface area contributed by atoms with E-state index in [2.05, 4.69) is 13.8 Å². The molecule has 0 heterocycles. The maximum absolute atomic E-state index is 3.85. The highest BCUT2D eigenvalue weighted by Gasteiger charge is 1.91. The van der Waals surface area contributed by atoms with Gasteiger partial charge in [-0.1, -0.05) is 25.9 Å². The topological polar surface area (TPSA) is 0 Å². The van der Waals surface area contributed by atoms with Crippen LogP contribution >= 0.6 is 0 Å². The van der Waals surface area contributed by atoms with Crippen LogP contribution in [0.5, 0.6) is 0 Å². The summed E-state index contributed by atoms with van der Waals surface area (Å²) in [5, 5.41) is 0. The molecule has 0 aliphatic rings. The average molecular weight is 117 g/mol. The van der Waals surface area contributed by atoms with Crippen LogP contribution in [0.15, 0.2) is 0 Å². The maximum atomic E-state index is 3.85. The molecule has 0 N–H and O–H groups in total. The van der Waals surface area contributed by atoms with E-state index in [-0.39, 0.29) is 8.31 Å². The summed E-state index contributed by atoms with van der Waals surface area (Å²) in [7, 11) is 1.33. The van der Waals surface area contributed by atoms with Crippen molar-refractivity contribution >= 4 is 18.1 Å². The molecule has 1 unspecified atom stereocenters. The van der Waals surface area contributed by atoms with Gasteiger partial charge in [-0.3, -0.25) is 0 Å². The van der Waals surface area contributed by atoms with Gasteiger partial charge in [-0.25, -0.2) is 0 Å². The first-order valence-electron chi connectivity index (χ1n) is 2.60. The molecule has 0 aliphatic heterocycles. The smallest absolute Gasteiger partial charge is 0.0199 e. The Balaban J connectivity index is 2.75. The summed E-state index contributed by atoms with van der Waals surface area (Å²) in [5.41, 5.74) is 0. The first kappa shape index (κ1) is 6.43. The van der Waals surface area contributed by atoms with Crippen molar-refractivity contribution in [2.24, 2.45) is 0 Å². The fourth-order valence-corrected chi connectivity index (χ4v) is 0.612. The Bertz CT molecular complexity index is 24.7. The lowest BCUT2D eigenvalue weighted by molar-refractivity contribution is 1.41. The predicted octanol–water partition coefficient (Wildman–Crippen LogP) is -0.0704. The Kier molecular flexibility index (Phi) is 3.88. The zero-order valence-corrected chi connectivity index (χ0v) is 7.85. The van der Waals surface area contributed by atoms with Crippen LogP contribution in [0.1, 0.15) is 6.92 Å². The second kappa shape index (κ2) is 3.62. The van der Waals surface area contributed by atoms with Crippen LogP contribution < -0.4 is 0 Å². The summed E-state index contributed by atoms with van der Waals surface area (Å²) in [6, 6.07) is 2.75. The van der Waals surface area contributed by atoms with E-state index < -0.39 is 0 Å². The first-order valence-corrected chi connectivity index (χ1v) is 8.85. The second-order valence-corrected chi connectivity index (χ2v) is 10.3. The Morgan fingerprint density at radius 3 is 2.33 bits per heavy atom. The van der Waals surface area contributed by atoms with Gasteiger partial charge in [0, 0.05) is 8.31 Å². The molecule has 0 bridgehead atoms. The van der Waals surface area contributed by atoms with Crippen molar-refractivity contribution in [3.05, 3.63) is 6.92 Å². The lowest BCUT2D eigenvalue weighted by atomic mass is 11.0. The third-order valence-corrected chi connectivity index (χ3v) is 7.75. The van der Waals surface area contributed by atoms with E-state index in [4.69, 9.17) is 0 Å². The summed E-state index contributed by atoms with van der Waals surface area (Å²) in [6.45, 7) is 6.14. The Labute approximate surface area is 44.8 Å². The van der Waals surface area contributed by atoms with Gasteiger partial charge in [-0.05, 0) is 9.76 Å². The van der Waals surface area contributed by atoms with Gasteiger partial charge in [0.1, 0.15) is 0 Å². The summed E-state index contributed by atoms with van der Waals surface area (Å²) < 4.78 is 0. The molecule has 1 radical (unpaired) electrons. The van der Waals surface area contributed by atoms with Crippen molar-refractivity contribution in [1.82, 2.24) is 0 Å². The van der Waals surface area contributed by atoms with Gasteiger partial charge in [-0.2, -0.15) is 0 Å². The zero-order chi connectivity index (χ0) is 4.99. The van der Waals surface area contributed by atoms with Crippen LogP contribution in [0.3, 0.4) is 0 Å². The van der Waals surface area contributed by atoms with Gasteiger partial charge in [0.05, 0.1) is 0 Å². The lowest BCUT2D eigenvalue weighted by Crippen LogP contribution is -2.07. The van der Waals surface area contributed by atoms with Crippen LogP contribution in [0.25, 0.3) is 0 Å². The van der Waals surface area contributed by atoms with Gasteiger partial charge in [0.25, 0.3) is 0 Å². The minimum atomic E-state index is -0.133. The fraction of sp³-hybridized carbons (Fsp3) is 0.750. The van der Waals surface area contributed by atoms with E-state index in [0.29, 0.717) is 0 Å². The summed E-state index contributed by atoms with van der Waals surface area (Å²) >= 11 is 0. The van der Waals surface area contributed by atoms with Crippen molar-refractivity contribution in [3.8, 4) is 0 Å². The SMILES string of the molecule is [CH2]C[SiH]([SiH3])CC. The van der Waals surface area contributed by atoms with Gasteiger partial charge in [-0.15, -0.1) is 0 Å². The van der Waals surface area contributed by atoms with Crippen LogP contribution in [-0.2, 0) is 0 Å². The molecule has 0 nitrogen and oxygen atoms in total. The molecule has 0 aromatic rings. The third kappa shape index (κ3) is 2.66. The molecule has 0 aromatic carbocycles. The van der Waals surface area contributed by atoms with E-state index >= 15 is 0 Å². The minimum absolute atomic E-state index is 0.133. The van der Waals surface area contributed by atoms with Crippen molar-refractivity contribution < 1.29 is 0 Å². The molecule has 0 fully saturated rings. The van der Waals surface area contributed by atoms with E-state index in [0.717, 1.165) is 0 Å². The zero-order valence-electron chi connectivity index (χ0n) is 4.70.